The topological polar surface area (TPSA) is 106 Å². The lowest BCUT2D eigenvalue weighted by Crippen LogP contribution is -2.71. The number of rotatable bonds is 6. The number of ether oxygens (including phenoxy) is 1. The Kier molecular flexibility index (Phi) is 4.81. The van der Waals surface area contributed by atoms with Crippen LogP contribution in [-0.2, 0) is 17.2 Å². The number of aromatic carboxylic acids is 1. The molecule has 0 radical (unpaired) electrons. The van der Waals surface area contributed by atoms with Crippen LogP contribution in [0.2, 0.25) is 5.15 Å². The van der Waals surface area contributed by atoms with Crippen molar-refractivity contribution in [1.82, 2.24) is 14.5 Å². The van der Waals surface area contributed by atoms with Crippen LogP contribution in [0, 0.1) is 6.92 Å². The van der Waals surface area contributed by atoms with E-state index in [4.69, 9.17) is 21.3 Å². The summed E-state index contributed by atoms with van der Waals surface area (Å²) in [6.45, 7) is 3.84. The third-order valence-electron chi connectivity index (χ3n) is 7.15. The highest BCUT2D eigenvalue weighted by Gasteiger charge is 2.71. The van der Waals surface area contributed by atoms with E-state index in [2.05, 4.69) is 10.3 Å². The Labute approximate surface area is 195 Å². The van der Waals surface area contributed by atoms with Gasteiger partial charge in [-0.2, -0.15) is 0 Å². The number of benzene rings is 1. The van der Waals surface area contributed by atoms with Crippen LogP contribution in [0.1, 0.15) is 59.7 Å². The van der Waals surface area contributed by atoms with Crippen LogP contribution in [0.15, 0.2) is 29.1 Å². The second-order valence-electron chi connectivity index (χ2n) is 9.45. The first-order valence-corrected chi connectivity index (χ1v) is 11.2. The quantitative estimate of drug-likeness (QED) is 0.527. The predicted octanol–water partition coefficient (Wildman–Crippen LogP) is 3.98. The van der Waals surface area contributed by atoms with Crippen molar-refractivity contribution in [3.8, 4) is 0 Å². The van der Waals surface area contributed by atoms with E-state index in [-0.39, 0.29) is 33.5 Å². The summed E-state index contributed by atoms with van der Waals surface area (Å²) < 4.78 is 7.31. The molecule has 172 valence electrons. The van der Waals surface area contributed by atoms with Gasteiger partial charge in [0.05, 0.1) is 28.2 Å². The summed E-state index contributed by atoms with van der Waals surface area (Å²) in [6.07, 6.45) is 2.61. The monoisotopic (exact) mass is 468 g/mol. The number of nitrogens with one attached hydrogen (secondary N) is 1. The number of carboxylic acid groups (broad SMARTS) is 1. The molecule has 3 aliphatic carbocycles. The van der Waals surface area contributed by atoms with E-state index >= 15 is 0 Å². The fourth-order valence-corrected chi connectivity index (χ4v) is 5.68. The second kappa shape index (κ2) is 7.27. The molecule has 0 spiro atoms. The summed E-state index contributed by atoms with van der Waals surface area (Å²) in [5.74, 6) is -0.387. The van der Waals surface area contributed by atoms with Gasteiger partial charge in [-0.1, -0.05) is 17.7 Å². The van der Waals surface area contributed by atoms with Crippen molar-refractivity contribution in [3.63, 3.8) is 0 Å². The van der Waals surface area contributed by atoms with Crippen LogP contribution >= 0.6 is 11.6 Å². The van der Waals surface area contributed by atoms with Crippen LogP contribution in [0.25, 0.3) is 10.9 Å². The fourth-order valence-electron chi connectivity index (χ4n) is 5.53. The highest BCUT2D eigenvalue weighted by Crippen LogP contribution is 2.68. The minimum atomic E-state index is -1.17. The van der Waals surface area contributed by atoms with Crippen LogP contribution in [0.4, 0.5) is 5.69 Å². The number of halogens is 1. The first kappa shape index (κ1) is 21.9. The van der Waals surface area contributed by atoms with Crippen molar-refractivity contribution in [2.75, 3.05) is 12.4 Å². The van der Waals surface area contributed by atoms with E-state index in [0.717, 1.165) is 36.2 Å². The number of aryl methyl sites for hydroxylation is 1. The van der Waals surface area contributed by atoms with E-state index in [1.54, 1.807) is 24.8 Å². The molecular formula is C24H25ClN4O4. The number of anilines is 1. The average Bonchev–Trinajstić information content (AvgIpc) is 2.71. The van der Waals surface area contributed by atoms with E-state index in [9.17, 15) is 14.7 Å². The molecule has 6 rings (SSSR count). The summed E-state index contributed by atoms with van der Waals surface area (Å²) in [4.78, 5) is 34.0. The molecule has 3 saturated carbocycles. The molecule has 1 unspecified atom stereocenters. The zero-order chi connectivity index (χ0) is 23.7. The molecule has 33 heavy (non-hydrogen) atoms. The molecule has 2 N–H and O–H groups in total. The average molecular weight is 469 g/mol. The first-order valence-electron chi connectivity index (χ1n) is 10.8. The van der Waals surface area contributed by atoms with Gasteiger partial charge in [-0.25, -0.2) is 14.8 Å². The summed E-state index contributed by atoms with van der Waals surface area (Å²) in [5.41, 5.74) is 2.31. The molecule has 0 saturated heterocycles. The van der Waals surface area contributed by atoms with Crippen molar-refractivity contribution in [1.29, 1.82) is 0 Å². The van der Waals surface area contributed by atoms with Gasteiger partial charge in [0, 0.05) is 25.1 Å². The number of methoxy groups -OCH3 is 1. The van der Waals surface area contributed by atoms with Crippen molar-refractivity contribution >= 4 is 34.2 Å². The second-order valence-corrected chi connectivity index (χ2v) is 9.84. The molecular weight excluding hydrogens is 444 g/mol. The van der Waals surface area contributed by atoms with Gasteiger partial charge in [-0.3, -0.25) is 9.36 Å². The van der Waals surface area contributed by atoms with Crippen LogP contribution in [0.3, 0.4) is 0 Å². The number of carboxylic acids is 1. The van der Waals surface area contributed by atoms with E-state index in [0.29, 0.717) is 16.6 Å². The van der Waals surface area contributed by atoms with E-state index in [1.165, 1.54) is 6.07 Å². The molecule has 0 aliphatic heterocycles. The van der Waals surface area contributed by atoms with Gasteiger partial charge in [0.1, 0.15) is 11.0 Å². The number of hydrogen-bond donors (Lipinski definition) is 2. The van der Waals surface area contributed by atoms with Gasteiger partial charge < -0.3 is 15.2 Å². The van der Waals surface area contributed by atoms with Gasteiger partial charge in [-0.15, -0.1) is 0 Å². The molecule has 3 aliphatic rings. The van der Waals surface area contributed by atoms with Gasteiger partial charge in [0.15, 0.2) is 5.69 Å². The molecule has 8 nitrogen and oxygen atoms in total. The normalized spacial score (nSPS) is 24.2. The van der Waals surface area contributed by atoms with Crippen LogP contribution < -0.4 is 10.9 Å². The number of carbonyl (C=O) groups is 1. The Morgan fingerprint density at radius 3 is 2.61 bits per heavy atom. The number of aromatic nitrogens is 3. The van der Waals surface area contributed by atoms with Crippen molar-refractivity contribution in [2.24, 2.45) is 7.05 Å². The maximum Gasteiger partial charge on any atom is 0.356 e. The summed E-state index contributed by atoms with van der Waals surface area (Å²) in [6, 6.07) is 6.64. The highest BCUT2D eigenvalue weighted by molar-refractivity contribution is 6.29. The minimum Gasteiger partial charge on any atom is -0.476 e. The first-order chi connectivity index (χ1) is 15.6. The summed E-state index contributed by atoms with van der Waals surface area (Å²) in [7, 11) is 3.52. The third kappa shape index (κ3) is 3.23. The molecule has 0 amide bonds. The van der Waals surface area contributed by atoms with E-state index in [1.807, 2.05) is 26.0 Å². The van der Waals surface area contributed by atoms with Crippen LogP contribution in [-0.4, -0.2) is 38.3 Å². The molecule has 3 fully saturated rings. The Hall–Kier alpha value is -2.97. The lowest BCUT2D eigenvalue weighted by molar-refractivity contribution is -0.235. The zero-order valence-electron chi connectivity index (χ0n) is 18.9. The highest BCUT2D eigenvalue weighted by atomic mass is 35.5. The maximum atomic E-state index is 13.3. The number of pyridine rings is 1. The lowest BCUT2D eigenvalue weighted by Gasteiger charge is -2.68. The van der Waals surface area contributed by atoms with Crippen molar-refractivity contribution < 1.29 is 14.6 Å². The van der Waals surface area contributed by atoms with Gasteiger partial charge in [0.2, 0.25) is 0 Å². The largest absolute Gasteiger partial charge is 0.476 e. The number of fused-ring (bicyclic) bond motifs is 1. The fraction of sp³-hybridized carbons (Fsp3) is 0.417. The Morgan fingerprint density at radius 1 is 1.27 bits per heavy atom. The van der Waals surface area contributed by atoms with Gasteiger partial charge >= 0.3 is 5.97 Å². The molecule has 1 atom stereocenters. The van der Waals surface area contributed by atoms with Gasteiger partial charge in [0.25, 0.3) is 5.56 Å². The third-order valence-corrected chi connectivity index (χ3v) is 7.36. The number of hydrogen-bond acceptors (Lipinski definition) is 6. The molecule has 1 aromatic carbocycles. The molecule has 2 bridgehead atoms. The Bertz CT molecular complexity index is 1360. The minimum absolute atomic E-state index is 0.0630. The molecule has 3 aromatic rings. The Balaban J connectivity index is 1.60. The Morgan fingerprint density at radius 2 is 1.97 bits per heavy atom. The number of nitrogens with zero attached hydrogens (tertiary/aromatic N) is 3. The molecule has 2 heterocycles. The SMILES string of the molecule is COC12CC(c3nc4c(C(C)Nc5ccc(Cl)nc5C(=O)O)cc(C)cc4c(=O)n3C)(C1)C2. The molecule has 9 heteroatoms. The lowest BCUT2D eigenvalue weighted by atomic mass is 9.40. The van der Waals surface area contributed by atoms with Crippen molar-refractivity contribution in [2.45, 2.75) is 50.2 Å². The van der Waals surface area contributed by atoms with Crippen molar-refractivity contribution in [3.05, 3.63) is 62.4 Å². The molecule has 2 aromatic heterocycles. The van der Waals surface area contributed by atoms with Crippen LogP contribution in [0.5, 0.6) is 0 Å². The summed E-state index contributed by atoms with van der Waals surface area (Å²) in [5, 5.41) is 13.4. The smallest absolute Gasteiger partial charge is 0.356 e. The zero-order valence-corrected chi connectivity index (χ0v) is 19.7. The standard InChI is InChI=1S/C24H25ClN4O4/c1-12-7-14(13(2)26-16-5-6-17(25)27-19(16)21(31)32)18-15(8-12)20(30)29(3)22(28-18)23-9-24(10-23,11-23)33-4/h5-8,13,26H,9-11H2,1-4H3,(H,31,32). The van der Waals surface area contributed by atoms with E-state index < -0.39 is 5.97 Å². The summed E-state index contributed by atoms with van der Waals surface area (Å²) >= 11 is 5.89. The maximum absolute atomic E-state index is 13.3. The van der Waals surface area contributed by atoms with Gasteiger partial charge in [-0.05, 0) is 56.9 Å². The predicted molar refractivity (Wildman–Crippen MR) is 125 cm³/mol.